The van der Waals surface area contributed by atoms with Crippen molar-refractivity contribution in [3.8, 4) is 0 Å². The van der Waals surface area contributed by atoms with Crippen molar-refractivity contribution in [2.24, 2.45) is 0 Å². The lowest BCUT2D eigenvalue weighted by atomic mass is 10.0. The van der Waals surface area contributed by atoms with Gasteiger partial charge in [-0.2, -0.15) is 0 Å². The van der Waals surface area contributed by atoms with Crippen LogP contribution >= 0.6 is 11.6 Å². The number of likely N-dealkylation sites (N-methyl/N-ethyl adjacent to an activating group) is 1. The van der Waals surface area contributed by atoms with Crippen LogP contribution < -0.4 is 16.0 Å². The maximum absolute atomic E-state index is 12.2. The number of piperidine rings is 1. The van der Waals surface area contributed by atoms with Gasteiger partial charge in [-0.25, -0.2) is 4.98 Å². The van der Waals surface area contributed by atoms with Gasteiger partial charge < -0.3 is 20.9 Å². The molecule has 0 radical (unpaired) electrons. The van der Waals surface area contributed by atoms with E-state index in [2.05, 4.69) is 32.8 Å². The second-order valence-electron chi connectivity index (χ2n) is 4.95. The number of aromatic amines is 1. The monoisotopic (exact) mass is 299 g/mol. The van der Waals surface area contributed by atoms with Crippen LogP contribution in [0.4, 0.5) is 0 Å². The van der Waals surface area contributed by atoms with Crippen LogP contribution in [-0.4, -0.2) is 47.6 Å². The molecule has 0 spiro atoms. The first kappa shape index (κ1) is 15.3. The van der Waals surface area contributed by atoms with Crippen LogP contribution in [-0.2, 0) is 6.42 Å². The highest BCUT2D eigenvalue weighted by atomic mass is 35.5. The number of rotatable bonds is 5. The second kappa shape index (κ2) is 7.06. The molecule has 7 heteroatoms. The number of aryl methyl sites for hydroxylation is 1. The quantitative estimate of drug-likeness (QED) is 0.645. The van der Waals surface area contributed by atoms with Crippen molar-refractivity contribution in [3.63, 3.8) is 0 Å². The minimum absolute atomic E-state index is 0.109. The molecule has 2 heterocycles. The van der Waals surface area contributed by atoms with Crippen LogP contribution in [0.3, 0.4) is 0 Å². The number of imidazole rings is 1. The predicted octanol–water partition coefficient (Wildman–Crippen LogP) is 0.695. The van der Waals surface area contributed by atoms with E-state index in [1.807, 2.05) is 6.92 Å². The molecule has 20 heavy (non-hydrogen) atoms. The van der Waals surface area contributed by atoms with Gasteiger partial charge in [0.25, 0.3) is 5.91 Å². The topological polar surface area (TPSA) is 81.8 Å². The standard InChI is InChI=1S/C13H22ClN5O/c1-3-8-11(14)19-12(17-8)13(20)18-9-5-6-15-7-10(9)16-4-2/h9-10,15-16H,3-7H2,1-2H3,(H,17,19)(H,18,20)/t9-,10-/m1/s1. The molecule has 1 aromatic heterocycles. The Morgan fingerprint density at radius 3 is 2.90 bits per heavy atom. The van der Waals surface area contributed by atoms with Crippen molar-refractivity contribution in [1.82, 2.24) is 25.9 Å². The molecule has 1 aromatic rings. The lowest BCUT2D eigenvalue weighted by Crippen LogP contribution is -2.58. The Bertz CT molecular complexity index is 460. The summed E-state index contributed by atoms with van der Waals surface area (Å²) < 4.78 is 0. The molecule has 1 amide bonds. The van der Waals surface area contributed by atoms with Crippen LogP contribution in [0.1, 0.15) is 36.6 Å². The van der Waals surface area contributed by atoms with Crippen LogP contribution in [0.2, 0.25) is 5.15 Å². The average molecular weight is 300 g/mol. The van der Waals surface area contributed by atoms with Gasteiger partial charge in [-0.3, -0.25) is 4.79 Å². The van der Waals surface area contributed by atoms with E-state index in [9.17, 15) is 4.79 Å². The number of aromatic nitrogens is 2. The maximum atomic E-state index is 12.2. The van der Waals surface area contributed by atoms with E-state index in [0.717, 1.165) is 38.2 Å². The summed E-state index contributed by atoms with van der Waals surface area (Å²) in [7, 11) is 0. The van der Waals surface area contributed by atoms with Crippen LogP contribution in [0, 0.1) is 0 Å². The summed E-state index contributed by atoms with van der Waals surface area (Å²) in [4.78, 5) is 19.3. The highest BCUT2D eigenvalue weighted by Gasteiger charge is 2.27. The Morgan fingerprint density at radius 1 is 1.45 bits per heavy atom. The number of carbonyl (C=O) groups is 1. The first-order chi connectivity index (χ1) is 9.65. The van der Waals surface area contributed by atoms with Crippen LogP contribution in [0.25, 0.3) is 0 Å². The first-order valence-electron chi connectivity index (χ1n) is 7.15. The smallest absolute Gasteiger partial charge is 0.287 e. The van der Waals surface area contributed by atoms with Gasteiger partial charge >= 0.3 is 0 Å². The van der Waals surface area contributed by atoms with E-state index in [1.165, 1.54) is 0 Å². The maximum Gasteiger partial charge on any atom is 0.287 e. The van der Waals surface area contributed by atoms with Crippen molar-refractivity contribution < 1.29 is 4.79 Å². The zero-order valence-corrected chi connectivity index (χ0v) is 12.7. The molecule has 0 saturated carbocycles. The third kappa shape index (κ3) is 3.50. The number of hydrogen-bond donors (Lipinski definition) is 4. The number of H-pyrrole nitrogens is 1. The zero-order valence-electron chi connectivity index (χ0n) is 11.9. The van der Waals surface area contributed by atoms with Gasteiger partial charge in [0.15, 0.2) is 11.0 Å². The van der Waals surface area contributed by atoms with Crippen molar-refractivity contribution in [2.45, 2.75) is 38.8 Å². The summed E-state index contributed by atoms with van der Waals surface area (Å²) in [6, 6.07) is 0.353. The van der Waals surface area contributed by atoms with Crippen LogP contribution in [0.15, 0.2) is 0 Å². The van der Waals surface area contributed by atoms with E-state index in [1.54, 1.807) is 0 Å². The SMILES string of the molecule is CCN[C@@H]1CNCC[C@H]1NC(=O)c1nc(Cl)c(CC)[nH]1. The highest BCUT2D eigenvalue weighted by Crippen LogP contribution is 2.13. The lowest BCUT2D eigenvalue weighted by Gasteiger charge is -2.33. The molecule has 0 bridgehead atoms. The Balaban J connectivity index is 2.01. The Kier molecular flexibility index (Phi) is 5.39. The third-order valence-corrected chi connectivity index (χ3v) is 3.87. The fraction of sp³-hybridized carbons (Fsp3) is 0.692. The molecular weight excluding hydrogens is 278 g/mol. The molecule has 112 valence electrons. The summed E-state index contributed by atoms with van der Waals surface area (Å²) in [5, 5.41) is 10.1. The minimum atomic E-state index is -0.193. The molecule has 1 aliphatic heterocycles. The zero-order chi connectivity index (χ0) is 14.5. The second-order valence-corrected chi connectivity index (χ2v) is 5.30. The van der Waals surface area contributed by atoms with E-state index in [4.69, 9.17) is 11.6 Å². The van der Waals surface area contributed by atoms with Gasteiger partial charge in [0.05, 0.1) is 5.69 Å². The Morgan fingerprint density at radius 2 is 2.25 bits per heavy atom. The van der Waals surface area contributed by atoms with Crippen molar-refractivity contribution in [3.05, 3.63) is 16.7 Å². The summed E-state index contributed by atoms with van der Waals surface area (Å²) in [5.41, 5.74) is 0.797. The lowest BCUT2D eigenvalue weighted by molar-refractivity contribution is 0.0909. The molecule has 1 aliphatic rings. The molecule has 6 nitrogen and oxygen atoms in total. The molecule has 0 unspecified atom stereocenters. The minimum Gasteiger partial charge on any atom is -0.345 e. The number of carbonyl (C=O) groups excluding carboxylic acids is 1. The molecule has 1 fully saturated rings. The fourth-order valence-electron chi connectivity index (χ4n) is 2.47. The summed E-state index contributed by atoms with van der Waals surface area (Å²) in [6.07, 6.45) is 1.63. The van der Waals surface area contributed by atoms with E-state index in [0.29, 0.717) is 11.0 Å². The van der Waals surface area contributed by atoms with E-state index in [-0.39, 0.29) is 18.0 Å². The van der Waals surface area contributed by atoms with E-state index < -0.39 is 0 Å². The molecular formula is C13H22ClN5O. The molecule has 1 saturated heterocycles. The average Bonchev–Trinajstić information content (AvgIpc) is 2.82. The molecule has 0 aromatic carbocycles. The molecule has 2 atom stereocenters. The van der Waals surface area contributed by atoms with Gasteiger partial charge in [-0.15, -0.1) is 0 Å². The normalized spacial score (nSPS) is 22.8. The molecule has 2 rings (SSSR count). The van der Waals surface area contributed by atoms with Gasteiger partial charge in [0.1, 0.15) is 0 Å². The van der Waals surface area contributed by atoms with Crippen molar-refractivity contribution >= 4 is 17.5 Å². The highest BCUT2D eigenvalue weighted by molar-refractivity contribution is 6.30. The Hall–Kier alpha value is -1.11. The van der Waals surface area contributed by atoms with E-state index >= 15 is 0 Å². The number of nitrogens with one attached hydrogen (secondary N) is 4. The summed E-state index contributed by atoms with van der Waals surface area (Å²) >= 11 is 5.97. The number of amides is 1. The fourth-order valence-corrected chi connectivity index (χ4v) is 2.74. The van der Waals surface area contributed by atoms with Gasteiger partial charge in [-0.05, 0) is 25.9 Å². The van der Waals surface area contributed by atoms with Gasteiger partial charge in [-0.1, -0.05) is 25.4 Å². The van der Waals surface area contributed by atoms with Gasteiger partial charge in [0.2, 0.25) is 0 Å². The predicted molar refractivity (Wildman–Crippen MR) is 79.2 cm³/mol. The van der Waals surface area contributed by atoms with Crippen molar-refractivity contribution in [1.29, 1.82) is 0 Å². The number of nitrogens with zero attached hydrogens (tertiary/aromatic N) is 1. The third-order valence-electron chi connectivity index (χ3n) is 3.56. The van der Waals surface area contributed by atoms with Gasteiger partial charge in [0, 0.05) is 18.6 Å². The summed E-state index contributed by atoms with van der Waals surface area (Å²) in [6.45, 7) is 6.68. The number of halogens is 1. The molecule has 4 N–H and O–H groups in total. The van der Waals surface area contributed by atoms with Crippen molar-refractivity contribution in [2.75, 3.05) is 19.6 Å². The van der Waals surface area contributed by atoms with Crippen LogP contribution in [0.5, 0.6) is 0 Å². The molecule has 0 aliphatic carbocycles. The Labute approximate surface area is 124 Å². The number of hydrogen-bond acceptors (Lipinski definition) is 4. The summed E-state index contributed by atoms with van der Waals surface area (Å²) in [5.74, 6) is 0.0991. The largest absolute Gasteiger partial charge is 0.345 e. The first-order valence-corrected chi connectivity index (χ1v) is 7.52.